The van der Waals surface area contributed by atoms with Gasteiger partial charge >= 0.3 is 0 Å². The highest BCUT2D eigenvalue weighted by molar-refractivity contribution is 9.10. The molecule has 0 N–H and O–H groups in total. The molecule has 1 aromatic carbocycles. The molecule has 3 heteroatoms. The third-order valence-corrected chi connectivity index (χ3v) is 5.10. The molecule has 1 aliphatic rings. The first-order valence-electron chi connectivity index (χ1n) is 7.08. The molecule has 0 aliphatic carbocycles. The Morgan fingerprint density at radius 2 is 1.95 bits per heavy atom. The number of nitrogens with zero attached hydrogens (tertiary/aromatic N) is 1. The molecular weight excluding hydrogens is 302 g/mol. The summed E-state index contributed by atoms with van der Waals surface area (Å²) in [6, 6.07) is 10.8. The molecule has 104 valence electrons. The van der Waals surface area contributed by atoms with Gasteiger partial charge in [-0.15, -0.1) is 0 Å². The number of Topliss-reactive ketones (excluding diaryl/α,β-unsaturated/α-hetero) is 1. The van der Waals surface area contributed by atoms with Gasteiger partial charge in [-0.25, -0.2) is 0 Å². The monoisotopic (exact) mass is 323 g/mol. The van der Waals surface area contributed by atoms with Crippen molar-refractivity contribution in [3.63, 3.8) is 0 Å². The molecule has 1 heterocycles. The van der Waals surface area contributed by atoms with Gasteiger partial charge in [0.05, 0.1) is 4.83 Å². The van der Waals surface area contributed by atoms with Crippen LogP contribution in [-0.2, 0) is 4.79 Å². The summed E-state index contributed by atoms with van der Waals surface area (Å²) >= 11 is 3.44. The predicted molar refractivity (Wildman–Crippen MR) is 82.9 cm³/mol. The molecule has 1 aromatic rings. The minimum atomic E-state index is 0.0272. The summed E-state index contributed by atoms with van der Waals surface area (Å²) in [4.78, 5) is 13.7. The Morgan fingerprint density at radius 1 is 1.32 bits per heavy atom. The van der Waals surface area contributed by atoms with Gasteiger partial charge in [0.2, 0.25) is 0 Å². The van der Waals surface area contributed by atoms with E-state index in [2.05, 4.69) is 51.2 Å². The van der Waals surface area contributed by atoms with Crippen LogP contribution in [0.2, 0.25) is 0 Å². The zero-order chi connectivity index (χ0) is 13.7. The van der Waals surface area contributed by atoms with Crippen molar-refractivity contribution in [3.8, 4) is 0 Å². The molecule has 1 aliphatic heterocycles. The SMILES string of the molecule is CC(=O)C(Br)CCN1CCC(c2ccccc2)CC1. The van der Waals surface area contributed by atoms with Crippen LogP contribution in [0.25, 0.3) is 0 Å². The second-order valence-corrected chi connectivity index (χ2v) is 6.50. The quantitative estimate of drug-likeness (QED) is 0.771. The number of hydrogen-bond acceptors (Lipinski definition) is 2. The fourth-order valence-corrected chi connectivity index (χ4v) is 2.92. The van der Waals surface area contributed by atoms with Crippen molar-refractivity contribution in [2.45, 2.75) is 36.9 Å². The molecule has 19 heavy (non-hydrogen) atoms. The molecule has 2 nitrogen and oxygen atoms in total. The minimum Gasteiger partial charge on any atom is -0.303 e. The van der Waals surface area contributed by atoms with Crippen LogP contribution in [0.3, 0.4) is 0 Å². The Balaban J connectivity index is 1.75. The van der Waals surface area contributed by atoms with Crippen LogP contribution in [0, 0.1) is 0 Å². The lowest BCUT2D eigenvalue weighted by atomic mass is 9.89. The summed E-state index contributed by atoms with van der Waals surface area (Å²) in [5.74, 6) is 0.948. The summed E-state index contributed by atoms with van der Waals surface area (Å²) < 4.78 is 0. The van der Waals surface area contributed by atoms with Crippen molar-refractivity contribution in [2.24, 2.45) is 0 Å². The van der Waals surface area contributed by atoms with E-state index in [0.717, 1.165) is 26.1 Å². The van der Waals surface area contributed by atoms with Crippen LogP contribution in [-0.4, -0.2) is 35.1 Å². The van der Waals surface area contributed by atoms with Gasteiger partial charge in [-0.2, -0.15) is 0 Å². The Labute approximate surface area is 124 Å². The Hall–Kier alpha value is -0.670. The molecule has 1 unspecified atom stereocenters. The lowest BCUT2D eigenvalue weighted by Crippen LogP contribution is -2.35. The van der Waals surface area contributed by atoms with E-state index in [1.807, 2.05) is 0 Å². The fraction of sp³-hybridized carbons (Fsp3) is 0.562. The van der Waals surface area contributed by atoms with Crippen molar-refractivity contribution in [3.05, 3.63) is 35.9 Å². The van der Waals surface area contributed by atoms with Crippen molar-refractivity contribution >= 4 is 21.7 Å². The van der Waals surface area contributed by atoms with Crippen LogP contribution in [0.1, 0.15) is 37.7 Å². The molecule has 0 radical (unpaired) electrons. The summed E-state index contributed by atoms with van der Waals surface area (Å²) in [5.41, 5.74) is 1.48. The zero-order valence-corrected chi connectivity index (χ0v) is 13.1. The Bertz CT molecular complexity index is 398. The average Bonchev–Trinajstić information content (AvgIpc) is 2.46. The molecular formula is C16H22BrNO. The number of piperidine rings is 1. The van der Waals surface area contributed by atoms with Crippen LogP contribution in [0.5, 0.6) is 0 Å². The second-order valence-electron chi connectivity index (χ2n) is 5.39. The highest BCUT2D eigenvalue weighted by Gasteiger charge is 2.21. The molecule has 0 saturated carbocycles. The van der Waals surface area contributed by atoms with Crippen LogP contribution in [0.4, 0.5) is 0 Å². The van der Waals surface area contributed by atoms with Crippen LogP contribution in [0.15, 0.2) is 30.3 Å². The standard InChI is InChI=1S/C16H22BrNO/c1-13(19)16(17)9-12-18-10-7-15(8-11-18)14-5-3-2-4-6-14/h2-6,15-16H,7-12H2,1H3. The van der Waals surface area contributed by atoms with E-state index in [1.165, 1.54) is 18.4 Å². The normalized spacial score (nSPS) is 19.3. The van der Waals surface area contributed by atoms with Crippen LogP contribution >= 0.6 is 15.9 Å². The Kier molecular flexibility index (Phi) is 5.59. The maximum absolute atomic E-state index is 11.2. The summed E-state index contributed by atoms with van der Waals surface area (Å²) in [5, 5.41) is 0. The molecule has 1 saturated heterocycles. The third-order valence-electron chi connectivity index (χ3n) is 4.00. The number of halogens is 1. The number of alkyl halides is 1. The molecule has 0 amide bonds. The maximum Gasteiger partial charge on any atom is 0.143 e. The number of hydrogen-bond donors (Lipinski definition) is 0. The number of carbonyl (C=O) groups excluding carboxylic acids is 1. The van der Waals surface area contributed by atoms with Crippen molar-refractivity contribution in [1.29, 1.82) is 0 Å². The van der Waals surface area contributed by atoms with E-state index in [4.69, 9.17) is 0 Å². The predicted octanol–water partition coefficient (Wildman–Crippen LogP) is 3.61. The fourth-order valence-electron chi connectivity index (χ4n) is 2.71. The summed E-state index contributed by atoms with van der Waals surface area (Å²) in [6.45, 7) is 4.98. The molecule has 0 aromatic heterocycles. The number of rotatable bonds is 5. The lowest BCUT2D eigenvalue weighted by Gasteiger charge is -2.32. The molecule has 0 spiro atoms. The summed E-state index contributed by atoms with van der Waals surface area (Å²) in [6.07, 6.45) is 3.39. The van der Waals surface area contributed by atoms with E-state index in [0.29, 0.717) is 5.92 Å². The highest BCUT2D eigenvalue weighted by atomic mass is 79.9. The first-order valence-corrected chi connectivity index (χ1v) is 8.00. The zero-order valence-electron chi connectivity index (χ0n) is 11.5. The van der Waals surface area contributed by atoms with Gasteiger partial charge in [-0.05, 0) is 57.3 Å². The number of benzene rings is 1. The van der Waals surface area contributed by atoms with E-state index in [9.17, 15) is 4.79 Å². The second kappa shape index (κ2) is 7.20. The van der Waals surface area contributed by atoms with Gasteiger partial charge in [0.15, 0.2) is 0 Å². The van der Waals surface area contributed by atoms with Crippen molar-refractivity contribution in [2.75, 3.05) is 19.6 Å². The Morgan fingerprint density at radius 3 is 2.53 bits per heavy atom. The topological polar surface area (TPSA) is 20.3 Å². The number of likely N-dealkylation sites (tertiary alicyclic amines) is 1. The van der Waals surface area contributed by atoms with Gasteiger partial charge in [-0.1, -0.05) is 46.3 Å². The van der Waals surface area contributed by atoms with Crippen molar-refractivity contribution < 1.29 is 4.79 Å². The van der Waals surface area contributed by atoms with E-state index < -0.39 is 0 Å². The lowest BCUT2D eigenvalue weighted by molar-refractivity contribution is -0.116. The van der Waals surface area contributed by atoms with Gasteiger partial charge in [0.25, 0.3) is 0 Å². The first-order chi connectivity index (χ1) is 9.16. The molecule has 0 bridgehead atoms. The summed E-state index contributed by atoms with van der Waals surface area (Å²) in [7, 11) is 0. The molecule has 2 rings (SSSR count). The smallest absolute Gasteiger partial charge is 0.143 e. The molecule has 1 atom stereocenters. The van der Waals surface area contributed by atoms with Gasteiger partial charge < -0.3 is 4.90 Å². The third kappa shape index (κ3) is 4.43. The number of carbonyl (C=O) groups is 1. The van der Waals surface area contributed by atoms with Gasteiger partial charge in [0.1, 0.15) is 5.78 Å². The van der Waals surface area contributed by atoms with Gasteiger partial charge in [0, 0.05) is 0 Å². The molecule has 1 fully saturated rings. The van der Waals surface area contributed by atoms with E-state index >= 15 is 0 Å². The largest absolute Gasteiger partial charge is 0.303 e. The number of ketones is 1. The minimum absolute atomic E-state index is 0.0272. The van der Waals surface area contributed by atoms with Crippen LogP contribution < -0.4 is 0 Å². The average molecular weight is 324 g/mol. The van der Waals surface area contributed by atoms with Crippen molar-refractivity contribution in [1.82, 2.24) is 4.90 Å². The van der Waals surface area contributed by atoms with E-state index in [1.54, 1.807) is 6.92 Å². The highest BCUT2D eigenvalue weighted by Crippen LogP contribution is 2.27. The first kappa shape index (κ1) is 14.7. The van der Waals surface area contributed by atoms with E-state index in [-0.39, 0.29) is 10.6 Å². The maximum atomic E-state index is 11.2. The van der Waals surface area contributed by atoms with Gasteiger partial charge in [-0.3, -0.25) is 4.79 Å².